The van der Waals surface area contributed by atoms with Crippen molar-refractivity contribution in [3.63, 3.8) is 0 Å². The minimum atomic E-state index is -0.222. The van der Waals surface area contributed by atoms with E-state index < -0.39 is 0 Å². The van der Waals surface area contributed by atoms with Crippen molar-refractivity contribution in [3.8, 4) is 17.6 Å². The van der Waals surface area contributed by atoms with Gasteiger partial charge in [-0.15, -0.1) is 0 Å². The first-order valence-electron chi connectivity index (χ1n) is 6.95. The van der Waals surface area contributed by atoms with Gasteiger partial charge in [0.05, 0.1) is 7.11 Å². The molecular weight excluding hydrogens is 292 g/mol. The number of methoxy groups -OCH3 is 1. The van der Waals surface area contributed by atoms with Gasteiger partial charge >= 0.3 is 0 Å². The predicted molar refractivity (Wildman–Crippen MR) is 88.2 cm³/mol. The highest BCUT2D eigenvalue weighted by Crippen LogP contribution is 2.28. The molecule has 2 aromatic carbocycles. The predicted octanol–water partition coefficient (Wildman–Crippen LogP) is 3.25. The van der Waals surface area contributed by atoms with E-state index >= 15 is 0 Å². The van der Waals surface area contributed by atoms with Crippen LogP contribution in [0.1, 0.15) is 5.56 Å². The molecule has 0 aliphatic rings. The lowest BCUT2D eigenvalue weighted by Gasteiger charge is -2.08. The molecule has 2 aromatic rings. The maximum Gasteiger partial charge on any atom is 0.248 e. The van der Waals surface area contributed by atoms with Crippen molar-refractivity contribution in [2.24, 2.45) is 0 Å². The monoisotopic (exact) mass is 308 g/mol. The molecule has 23 heavy (non-hydrogen) atoms. The third kappa shape index (κ3) is 4.90. The zero-order valence-corrected chi connectivity index (χ0v) is 12.7. The van der Waals surface area contributed by atoms with Crippen molar-refractivity contribution in [2.75, 3.05) is 19.0 Å². The molecule has 0 saturated carbocycles. The van der Waals surface area contributed by atoms with Gasteiger partial charge in [-0.3, -0.25) is 4.79 Å². The molecule has 5 nitrogen and oxygen atoms in total. The van der Waals surface area contributed by atoms with Crippen molar-refractivity contribution >= 4 is 17.7 Å². The molecule has 0 saturated heterocycles. The lowest BCUT2D eigenvalue weighted by Crippen LogP contribution is -2.07. The first-order valence-corrected chi connectivity index (χ1v) is 6.95. The Morgan fingerprint density at radius 2 is 2.00 bits per heavy atom. The van der Waals surface area contributed by atoms with Crippen LogP contribution in [0.2, 0.25) is 0 Å². The first kappa shape index (κ1) is 16.1. The van der Waals surface area contributed by atoms with Crippen LogP contribution in [0.5, 0.6) is 11.5 Å². The highest BCUT2D eigenvalue weighted by atomic mass is 16.5. The fourth-order valence-electron chi connectivity index (χ4n) is 1.89. The molecule has 116 valence electrons. The zero-order valence-electron chi connectivity index (χ0n) is 12.7. The highest BCUT2D eigenvalue weighted by Gasteiger charge is 2.05. The molecule has 0 heterocycles. The number of nitrogens with one attached hydrogen (secondary N) is 1. The molecular formula is C18H16N2O3. The minimum absolute atomic E-state index is 0.0506. The van der Waals surface area contributed by atoms with Gasteiger partial charge in [0.15, 0.2) is 18.1 Å². The largest absolute Gasteiger partial charge is 0.493 e. The quantitative estimate of drug-likeness (QED) is 0.832. The molecule has 0 bridgehead atoms. The van der Waals surface area contributed by atoms with Gasteiger partial charge in [0.1, 0.15) is 6.07 Å². The Labute approximate surface area is 134 Å². The fraction of sp³-hybridized carbons (Fsp3) is 0.111. The van der Waals surface area contributed by atoms with E-state index in [4.69, 9.17) is 14.7 Å². The van der Waals surface area contributed by atoms with E-state index in [1.807, 2.05) is 36.4 Å². The summed E-state index contributed by atoms with van der Waals surface area (Å²) < 4.78 is 10.5. The van der Waals surface area contributed by atoms with E-state index in [0.717, 1.165) is 11.3 Å². The highest BCUT2D eigenvalue weighted by molar-refractivity contribution is 6.01. The molecule has 0 aromatic heterocycles. The lowest BCUT2D eigenvalue weighted by atomic mass is 10.2. The van der Waals surface area contributed by atoms with Gasteiger partial charge in [0, 0.05) is 11.8 Å². The van der Waals surface area contributed by atoms with Crippen LogP contribution < -0.4 is 14.8 Å². The summed E-state index contributed by atoms with van der Waals surface area (Å²) in [6.07, 6.45) is 3.12. The van der Waals surface area contributed by atoms with Crippen molar-refractivity contribution in [1.29, 1.82) is 5.26 Å². The number of ether oxygens (including phenoxy) is 2. The average molecular weight is 308 g/mol. The molecule has 0 fully saturated rings. The van der Waals surface area contributed by atoms with Gasteiger partial charge in [-0.1, -0.05) is 24.3 Å². The Morgan fingerprint density at radius 3 is 2.70 bits per heavy atom. The topological polar surface area (TPSA) is 71.3 Å². The normalized spacial score (nSPS) is 10.1. The van der Waals surface area contributed by atoms with Crippen LogP contribution in [0.15, 0.2) is 54.6 Å². The summed E-state index contributed by atoms with van der Waals surface area (Å²) in [7, 11) is 1.52. The van der Waals surface area contributed by atoms with Gasteiger partial charge in [-0.05, 0) is 35.9 Å². The number of benzene rings is 2. The van der Waals surface area contributed by atoms with Crippen molar-refractivity contribution < 1.29 is 14.3 Å². The van der Waals surface area contributed by atoms with Crippen LogP contribution in [0.25, 0.3) is 6.08 Å². The third-order valence-electron chi connectivity index (χ3n) is 2.95. The van der Waals surface area contributed by atoms with Gasteiger partial charge in [0.2, 0.25) is 5.91 Å². The molecule has 0 aliphatic carbocycles. The summed E-state index contributed by atoms with van der Waals surface area (Å²) in [5.41, 5.74) is 1.52. The second-order valence-corrected chi connectivity index (χ2v) is 4.55. The van der Waals surface area contributed by atoms with Crippen LogP contribution in [-0.4, -0.2) is 19.6 Å². The van der Waals surface area contributed by atoms with E-state index in [2.05, 4.69) is 5.32 Å². The minimum Gasteiger partial charge on any atom is -0.493 e. The third-order valence-corrected chi connectivity index (χ3v) is 2.95. The Kier molecular flexibility index (Phi) is 5.78. The summed E-state index contributed by atoms with van der Waals surface area (Å²) in [5, 5.41) is 11.3. The van der Waals surface area contributed by atoms with Crippen LogP contribution >= 0.6 is 0 Å². The summed E-state index contributed by atoms with van der Waals surface area (Å²) in [4.78, 5) is 11.9. The summed E-state index contributed by atoms with van der Waals surface area (Å²) in [6.45, 7) is -0.0506. The molecule has 1 N–H and O–H groups in total. The molecule has 0 atom stereocenters. The molecule has 0 radical (unpaired) electrons. The van der Waals surface area contributed by atoms with Crippen molar-refractivity contribution in [1.82, 2.24) is 0 Å². The van der Waals surface area contributed by atoms with Gasteiger partial charge in [-0.25, -0.2) is 0 Å². The molecule has 0 unspecified atom stereocenters. The number of rotatable bonds is 6. The van der Waals surface area contributed by atoms with E-state index in [1.54, 1.807) is 24.3 Å². The van der Waals surface area contributed by atoms with E-state index in [-0.39, 0.29) is 12.5 Å². The molecule has 2 rings (SSSR count). The first-order chi connectivity index (χ1) is 11.2. The molecule has 0 aliphatic heterocycles. The number of para-hydroxylation sites is 1. The number of nitrogens with zero attached hydrogens (tertiary/aromatic N) is 1. The molecule has 1 amide bonds. The number of hydrogen-bond donors (Lipinski definition) is 1. The fourth-order valence-corrected chi connectivity index (χ4v) is 1.89. The number of anilines is 1. The maximum atomic E-state index is 11.9. The molecule has 5 heteroatoms. The number of nitriles is 1. The number of amides is 1. The SMILES string of the molecule is COc1cc(/C=C/C(=O)Nc2ccccc2)ccc1OCC#N. The standard InChI is InChI=1S/C18H16N2O3/c1-22-17-13-14(7-9-16(17)23-12-11-19)8-10-18(21)20-15-5-3-2-4-6-15/h2-10,13H,12H2,1H3,(H,20,21)/b10-8+. The van der Waals surface area contributed by atoms with Gasteiger partial charge in [0.25, 0.3) is 0 Å². The summed E-state index contributed by atoms with van der Waals surface area (Å²) >= 11 is 0. The summed E-state index contributed by atoms with van der Waals surface area (Å²) in [6, 6.07) is 16.3. The van der Waals surface area contributed by atoms with Crippen LogP contribution in [-0.2, 0) is 4.79 Å². The van der Waals surface area contributed by atoms with E-state index in [1.165, 1.54) is 13.2 Å². The summed E-state index contributed by atoms with van der Waals surface area (Å²) in [5.74, 6) is 0.769. The van der Waals surface area contributed by atoms with Crippen LogP contribution in [0.3, 0.4) is 0 Å². The van der Waals surface area contributed by atoms with Crippen molar-refractivity contribution in [3.05, 3.63) is 60.2 Å². The Hall–Kier alpha value is -3.26. The van der Waals surface area contributed by atoms with E-state index in [9.17, 15) is 4.79 Å². The van der Waals surface area contributed by atoms with E-state index in [0.29, 0.717) is 11.5 Å². The zero-order chi connectivity index (χ0) is 16.5. The van der Waals surface area contributed by atoms with Crippen molar-refractivity contribution in [2.45, 2.75) is 0 Å². The maximum absolute atomic E-state index is 11.9. The Balaban J connectivity index is 2.04. The van der Waals surface area contributed by atoms with Gasteiger partial charge in [-0.2, -0.15) is 5.26 Å². The van der Waals surface area contributed by atoms with Gasteiger partial charge < -0.3 is 14.8 Å². The Bertz CT molecular complexity index is 734. The lowest BCUT2D eigenvalue weighted by molar-refractivity contribution is -0.111. The smallest absolute Gasteiger partial charge is 0.248 e. The van der Waals surface area contributed by atoms with Crippen LogP contribution in [0, 0.1) is 11.3 Å². The number of hydrogen-bond acceptors (Lipinski definition) is 4. The molecule has 0 spiro atoms. The second-order valence-electron chi connectivity index (χ2n) is 4.55. The van der Waals surface area contributed by atoms with Crippen LogP contribution in [0.4, 0.5) is 5.69 Å². The Morgan fingerprint density at radius 1 is 1.22 bits per heavy atom. The second kappa shape index (κ2) is 8.25. The number of carbonyl (C=O) groups excluding carboxylic acids is 1. The average Bonchev–Trinajstić information content (AvgIpc) is 2.59. The number of carbonyl (C=O) groups is 1.